The van der Waals surface area contributed by atoms with Crippen LogP contribution in [0.5, 0.6) is 0 Å². The molecular formula is C19H22Cl2O. The average Bonchev–Trinajstić information content (AvgIpc) is 2.45. The topological polar surface area (TPSA) is 20.2 Å². The number of rotatable bonds is 4. The van der Waals surface area contributed by atoms with E-state index in [0.29, 0.717) is 16.0 Å². The molecule has 0 heterocycles. The highest BCUT2D eigenvalue weighted by atomic mass is 35.5. The van der Waals surface area contributed by atoms with Gasteiger partial charge >= 0.3 is 0 Å². The van der Waals surface area contributed by atoms with Gasteiger partial charge < -0.3 is 5.11 Å². The van der Waals surface area contributed by atoms with Crippen molar-refractivity contribution in [3.05, 3.63) is 68.7 Å². The summed E-state index contributed by atoms with van der Waals surface area (Å²) in [5.41, 5.74) is 3.74. The highest BCUT2D eigenvalue weighted by molar-refractivity contribution is 6.36. The Balaban J connectivity index is 2.35. The van der Waals surface area contributed by atoms with Crippen molar-refractivity contribution in [1.29, 1.82) is 0 Å². The smallest absolute Gasteiger partial charge is 0.104 e. The molecule has 0 saturated carbocycles. The monoisotopic (exact) mass is 336 g/mol. The fourth-order valence-corrected chi connectivity index (χ4v) is 3.51. The first kappa shape index (κ1) is 17.3. The molecule has 0 fully saturated rings. The summed E-state index contributed by atoms with van der Waals surface area (Å²) in [5, 5.41) is 11.8. The zero-order valence-electron chi connectivity index (χ0n) is 13.4. The van der Waals surface area contributed by atoms with Gasteiger partial charge in [0, 0.05) is 10.0 Å². The largest absolute Gasteiger partial charge is 0.384 e. The second kappa shape index (κ2) is 7.04. The number of benzene rings is 2. The minimum absolute atomic E-state index is 0.247. The highest BCUT2D eigenvalue weighted by Gasteiger charge is 2.17. The SMILES string of the molecule is CC(C)c1ccc(C(O)c2cc(Cl)c(C(C)C)c(Cl)c2)cc1. The number of halogens is 2. The Bertz CT molecular complexity index is 622. The molecule has 2 aromatic rings. The Labute approximate surface area is 142 Å². The molecule has 0 aromatic heterocycles. The molecule has 0 spiro atoms. The fourth-order valence-electron chi connectivity index (χ4n) is 2.57. The highest BCUT2D eigenvalue weighted by Crippen LogP contribution is 2.35. The Morgan fingerprint density at radius 3 is 1.59 bits per heavy atom. The Hall–Kier alpha value is -1.02. The van der Waals surface area contributed by atoms with Crippen molar-refractivity contribution >= 4 is 23.2 Å². The van der Waals surface area contributed by atoms with E-state index in [-0.39, 0.29) is 5.92 Å². The van der Waals surface area contributed by atoms with Gasteiger partial charge in [0.25, 0.3) is 0 Å². The van der Waals surface area contributed by atoms with Crippen molar-refractivity contribution in [2.75, 3.05) is 0 Å². The molecule has 22 heavy (non-hydrogen) atoms. The van der Waals surface area contributed by atoms with Crippen molar-refractivity contribution < 1.29 is 5.11 Å². The lowest BCUT2D eigenvalue weighted by molar-refractivity contribution is 0.220. The first-order valence-corrected chi connectivity index (χ1v) is 8.33. The van der Waals surface area contributed by atoms with E-state index in [0.717, 1.165) is 16.7 Å². The van der Waals surface area contributed by atoms with Crippen LogP contribution in [0.15, 0.2) is 36.4 Å². The predicted octanol–water partition coefficient (Wildman–Crippen LogP) is 6.32. The van der Waals surface area contributed by atoms with Gasteiger partial charge in [0.05, 0.1) is 0 Å². The molecule has 0 amide bonds. The van der Waals surface area contributed by atoms with Crippen molar-refractivity contribution in [3.8, 4) is 0 Å². The maximum absolute atomic E-state index is 10.6. The van der Waals surface area contributed by atoms with Gasteiger partial charge in [-0.1, -0.05) is 75.2 Å². The fraction of sp³-hybridized carbons (Fsp3) is 0.368. The second-order valence-electron chi connectivity index (χ2n) is 6.28. The van der Waals surface area contributed by atoms with E-state index in [9.17, 15) is 5.11 Å². The summed E-state index contributed by atoms with van der Waals surface area (Å²) in [6.45, 7) is 8.40. The van der Waals surface area contributed by atoms with Crippen molar-refractivity contribution in [2.45, 2.75) is 45.6 Å². The van der Waals surface area contributed by atoms with Crippen LogP contribution >= 0.6 is 23.2 Å². The molecule has 3 heteroatoms. The van der Waals surface area contributed by atoms with Gasteiger partial charge in [0.2, 0.25) is 0 Å². The summed E-state index contributed by atoms with van der Waals surface area (Å²) >= 11 is 12.7. The van der Waals surface area contributed by atoms with E-state index in [1.165, 1.54) is 5.56 Å². The van der Waals surface area contributed by atoms with Gasteiger partial charge in [0.15, 0.2) is 0 Å². The third-order valence-electron chi connectivity index (χ3n) is 3.91. The molecule has 0 bridgehead atoms. The molecule has 2 rings (SSSR count). The van der Waals surface area contributed by atoms with Gasteiger partial charge in [0.1, 0.15) is 6.10 Å². The lowest BCUT2D eigenvalue weighted by atomic mass is 9.95. The standard InChI is InChI=1S/C19H22Cl2O/c1-11(2)13-5-7-14(8-6-13)19(22)15-9-16(20)18(12(3)4)17(21)10-15/h5-12,19,22H,1-4H3. The van der Waals surface area contributed by atoms with Crippen molar-refractivity contribution in [3.63, 3.8) is 0 Å². The van der Waals surface area contributed by atoms with Gasteiger partial charge in [-0.25, -0.2) is 0 Å². The van der Waals surface area contributed by atoms with E-state index in [1.807, 2.05) is 38.1 Å². The molecule has 2 aromatic carbocycles. The number of aliphatic hydroxyl groups excluding tert-OH is 1. The second-order valence-corrected chi connectivity index (χ2v) is 7.09. The first-order chi connectivity index (χ1) is 10.3. The van der Waals surface area contributed by atoms with Crippen LogP contribution in [0.25, 0.3) is 0 Å². The molecule has 1 unspecified atom stereocenters. The van der Waals surface area contributed by atoms with E-state index in [2.05, 4.69) is 26.0 Å². The summed E-state index contributed by atoms with van der Waals surface area (Å²) in [6.07, 6.45) is -0.725. The van der Waals surface area contributed by atoms with Crippen LogP contribution < -0.4 is 0 Å². The minimum Gasteiger partial charge on any atom is -0.384 e. The molecular weight excluding hydrogens is 315 g/mol. The predicted molar refractivity (Wildman–Crippen MR) is 95.1 cm³/mol. The molecule has 0 radical (unpaired) electrons. The molecule has 0 aliphatic carbocycles. The van der Waals surface area contributed by atoms with Crippen LogP contribution in [0.2, 0.25) is 10.0 Å². The van der Waals surface area contributed by atoms with Gasteiger partial charge in [-0.3, -0.25) is 0 Å². The minimum atomic E-state index is -0.725. The Morgan fingerprint density at radius 2 is 1.18 bits per heavy atom. The summed E-state index contributed by atoms with van der Waals surface area (Å²) in [4.78, 5) is 0. The van der Waals surface area contributed by atoms with Crippen molar-refractivity contribution in [1.82, 2.24) is 0 Å². The van der Waals surface area contributed by atoms with Crippen LogP contribution in [-0.4, -0.2) is 5.11 Å². The van der Waals surface area contributed by atoms with Crippen LogP contribution in [-0.2, 0) is 0 Å². The lowest BCUT2D eigenvalue weighted by Gasteiger charge is -2.17. The Kier molecular flexibility index (Phi) is 5.55. The van der Waals surface area contributed by atoms with Crippen LogP contribution in [0.3, 0.4) is 0 Å². The molecule has 0 aliphatic heterocycles. The van der Waals surface area contributed by atoms with E-state index in [4.69, 9.17) is 23.2 Å². The number of hydrogen-bond acceptors (Lipinski definition) is 1. The molecule has 118 valence electrons. The maximum Gasteiger partial charge on any atom is 0.104 e. The summed E-state index contributed by atoms with van der Waals surface area (Å²) in [7, 11) is 0. The Morgan fingerprint density at radius 1 is 0.727 bits per heavy atom. The number of hydrogen-bond donors (Lipinski definition) is 1. The van der Waals surface area contributed by atoms with Crippen LogP contribution in [0.4, 0.5) is 0 Å². The third kappa shape index (κ3) is 3.65. The van der Waals surface area contributed by atoms with Gasteiger partial charge in [-0.2, -0.15) is 0 Å². The normalized spacial score (nSPS) is 13.0. The van der Waals surface area contributed by atoms with E-state index in [1.54, 1.807) is 0 Å². The van der Waals surface area contributed by atoms with E-state index < -0.39 is 6.10 Å². The summed E-state index contributed by atoms with van der Waals surface area (Å²) in [6, 6.07) is 11.6. The lowest BCUT2D eigenvalue weighted by Crippen LogP contribution is -2.02. The summed E-state index contributed by atoms with van der Waals surface area (Å²) in [5.74, 6) is 0.719. The average molecular weight is 337 g/mol. The van der Waals surface area contributed by atoms with Gasteiger partial charge in [-0.15, -0.1) is 0 Å². The van der Waals surface area contributed by atoms with Crippen LogP contribution in [0, 0.1) is 0 Å². The molecule has 1 N–H and O–H groups in total. The zero-order valence-corrected chi connectivity index (χ0v) is 14.9. The third-order valence-corrected chi connectivity index (χ3v) is 4.54. The zero-order chi connectivity index (χ0) is 16.4. The summed E-state index contributed by atoms with van der Waals surface area (Å²) < 4.78 is 0. The molecule has 0 saturated heterocycles. The van der Waals surface area contributed by atoms with Crippen LogP contribution in [0.1, 0.15) is 67.9 Å². The van der Waals surface area contributed by atoms with E-state index >= 15 is 0 Å². The quantitative estimate of drug-likeness (QED) is 0.692. The molecule has 1 atom stereocenters. The molecule has 1 nitrogen and oxygen atoms in total. The maximum atomic E-state index is 10.6. The van der Waals surface area contributed by atoms with Gasteiger partial charge in [-0.05, 0) is 46.2 Å². The van der Waals surface area contributed by atoms with Crippen molar-refractivity contribution in [2.24, 2.45) is 0 Å². The molecule has 0 aliphatic rings. The first-order valence-electron chi connectivity index (χ1n) is 7.58. The number of aliphatic hydroxyl groups is 1.